The number of halogens is 1. The third-order valence-electron chi connectivity index (χ3n) is 5.33. The second-order valence-corrected chi connectivity index (χ2v) is 7.50. The Morgan fingerprint density at radius 1 is 0.759 bits per heavy atom. The first-order valence-electron chi connectivity index (χ1n) is 9.34. The molecule has 3 aromatic carbocycles. The Kier molecular flexibility index (Phi) is 4.34. The maximum Gasteiger partial charge on any atom is 0.266 e. The topological polar surface area (TPSA) is 49.9 Å². The summed E-state index contributed by atoms with van der Waals surface area (Å²) in [5.74, 6) is -1.31. The van der Waals surface area contributed by atoms with Gasteiger partial charge < -0.3 is 0 Å². The Labute approximate surface area is 173 Å². The second-order valence-electron chi connectivity index (χ2n) is 7.06. The normalized spacial score (nSPS) is 23.6. The van der Waals surface area contributed by atoms with Crippen LogP contribution in [0, 0.1) is 5.92 Å². The zero-order valence-corrected chi connectivity index (χ0v) is 16.1. The molecule has 3 atom stereocenters. The zero-order valence-electron chi connectivity index (χ0n) is 15.3. The number of rotatable bonds is 3. The van der Waals surface area contributed by atoms with Gasteiger partial charge in [-0.05, 0) is 35.9 Å². The number of fused-ring (bicyclic) bond motifs is 1. The molecule has 3 aromatic rings. The van der Waals surface area contributed by atoms with E-state index in [0.717, 1.165) is 11.3 Å². The van der Waals surface area contributed by atoms with Crippen molar-refractivity contribution in [3.8, 4) is 0 Å². The van der Waals surface area contributed by atoms with Gasteiger partial charge in [0, 0.05) is 5.02 Å². The minimum Gasteiger partial charge on any atom is -0.273 e. The number of para-hydroxylation sites is 1. The van der Waals surface area contributed by atoms with Crippen molar-refractivity contribution in [1.82, 2.24) is 0 Å². The summed E-state index contributed by atoms with van der Waals surface area (Å²) in [6.45, 7) is 0. The smallest absolute Gasteiger partial charge is 0.266 e. The fraction of sp³-hybridized carbons (Fsp3) is 0.130. The number of hydrogen-bond donors (Lipinski definition) is 0. The Hall–Kier alpha value is -3.15. The molecule has 29 heavy (non-hydrogen) atoms. The number of hydrogen-bond acceptors (Lipinski definition) is 4. The molecule has 0 N–H and O–H groups in total. The quantitative estimate of drug-likeness (QED) is 0.607. The molecule has 5 rings (SSSR count). The molecule has 2 fully saturated rings. The van der Waals surface area contributed by atoms with Gasteiger partial charge in [-0.15, -0.1) is 0 Å². The molecular weight excluding hydrogens is 388 g/mol. The Morgan fingerprint density at radius 2 is 1.41 bits per heavy atom. The van der Waals surface area contributed by atoms with Crippen molar-refractivity contribution in [3.63, 3.8) is 0 Å². The highest BCUT2D eigenvalue weighted by Crippen LogP contribution is 2.47. The highest BCUT2D eigenvalue weighted by Gasteiger charge is 2.60. The molecule has 2 aliphatic heterocycles. The van der Waals surface area contributed by atoms with Gasteiger partial charge in [0.1, 0.15) is 5.92 Å². The lowest BCUT2D eigenvalue weighted by Crippen LogP contribution is -2.37. The number of amides is 2. The van der Waals surface area contributed by atoms with Crippen molar-refractivity contribution in [2.75, 3.05) is 9.96 Å². The van der Waals surface area contributed by atoms with Crippen molar-refractivity contribution in [2.45, 2.75) is 12.1 Å². The van der Waals surface area contributed by atoms with Gasteiger partial charge in [0.05, 0.1) is 17.4 Å². The van der Waals surface area contributed by atoms with E-state index in [2.05, 4.69) is 0 Å². The summed E-state index contributed by atoms with van der Waals surface area (Å²) >= 11 is 6.08. The van der Waals surface area contributed by atoms with E-state index in [1.165, 1.54) is 4.90 Å². The van der Waals surface area contributed by atoms with Crippen LogP contribution in [0.2, 0.25) is 5.02 Å². The number of carbonyl (C=O) groups excluding carboxylic acids is 2. The van der Waals surface area contributed by atoms with Crippen LogP contribution in [0.25, 0.3) is 0 Å². The van der Waals surface area contributed by atoms with E-state index in [9.17, 15) is 9.59 Å². The first-order valence-corrected chi connectivity index (χ1v) is 9.72. The fourth-order valence-electron chi connectivity index (χ4n) is 4.07. The summed E-state index contributed by atoms with van der Waals surface area (Å²) in [4.78, 5) is 33.9. The molecule has 0 spiro atoms. The molecule has 6 heteroatoms. The number of imide groups is 1. The Balaban J connectivity index is 1.59. The van der Waals surface area contributed by atoms with Gasteiger partial charge >= 0.3 is 0 Å². The van der Waals surface area contributed by atoms with E-state index in [4.69, 9.17) is 16.4 Å². The third kappa shape index (κ3) is 2.90. The molecule has 0 aliphatic carbocycles. The summed E-state index contributed by atoms with van der Waals surface area (Å²) in [5.41, 5.74) is 2.17. The van der Waals surface area contributed by atoms with Crippen LogP contribution in [0.15, 0.2) is 84.9 Å². The maximum absolute atomic E-state index is 13.4. The minimum atomic E-state index is -0.883. The van der Waals surface area contributed by atoms with Gasteiger partial charge in [0.2, 0.25) is 5.91 Å². The van der Waals surface area contributed by atoms with Gasteiger partial charge in [-0.25, -0.2) is 9.96 Å². The van der Waals surface area contributed by atoms with Crippen LogP contribution in [0.3, 0.4) is 0 Å². The highest BCUT2D eigenvalue weighted by molar-refractivity contribution is 6.31. The largest absolute Gasteiger partial charge is 0.273 e. The van der Waals surface area contributed by atoms with Gasteiger partial charge in [0.15, 0.2) is 6.10 Å². The van der Waals surface area contributed by atoms with E-state index in [-0.39, 0.29) is 11.8 Å². The maximum atomic E-state index is 13.4. The van der Waals surface area contributed by atoms with E-state index < -0.39 is 18.1 Å². The zero-order chi connectivity index (χ0) is 20.0. The summed E-state index contributed by atoms with van der Waals surface area (Å²) in [6, 6.07) is 25.5. The average molecular weight is 405 g/mol. The molecule has 0 aromatic heterocycles. The monoisotopic (exact) mass is 404 g/mol. The summed E-state index contributed by atoms with van der Waals surface area (Å²) in [6.07, 6.45) is -0.883. The molecule has 0 radical (unpaired) electrons. The van der Waals surface area contributed by atoms with Gasteiger partial charge in [-0.2, -0.15) is 0 Å². The van der Waals surface area contributed by atoms with Crippen LogP contribution in [-0.4, -0.2) is 17.9 Å². The first kappa shape index (κ1) is 17.9. The van der Waals surface area contributed by atoms with Gasteiger partial charge in [-0.3, -0.25) is 14.4 Å². The number of nitrogens with zero attached hydrogens (tertiary/aromatic N) is 2. The van der Waals surface area contributed by atoms with Crippen LogP contribution in [0.5, 0.6) is 0 Å². The van der Waals surface area contributed by atoms with E-state index in [1.54, 1.807) is 29.3 Å². The molecule has 144 valence electrons. The van der Waals surface area contributed by atoms with Crippen LogP contribution in [0.1, 0.15) is 11.6 Å². The standard InChI is InChI=1S/C23H17ClN2O3/c24-16-10-7-13-18(14-16)25-22(27)19-20(15-8-3-1-4-9-15)26(29-21(19)23(25)28)17-11-5-2-6-12-17/h1-14,19-21H/t19-,20-,21-/m1/s1. The minimum absolute atomic E-state index is 0.283. The lowest BCUT2D eigenvalue weighted by molar-refractivity contribution is -0.126. The predicted octanol–water partition coefficient (Wildman–Crippen LogP) is 4.39. The molecule has 2 aliphatic rings. The van der Waals surface area contributed by atoms with E-state index in [0.29, 0.717) is 10.7 Å². The van der Waals surface area contributed by atoms with Crippen LogP contribution >= 0.6 is 11.6 Å². The first-order chi connectivity index (χ1) is 14.1. The molecule has 5 nitrogen and oxygen atoms in total. The van der Waals surface area contributed by atoms with Crippen molar-refractivity contribution in [3.05, 3.63) is 95.5 Å². The number of anilines is 2. The number of hydroxylamine groups is 1. The van der Waals surface area contributed by atoms with Crippen molar-refractivity contribution in [1.29, 1.82) is 0 Å². The molecule has 2 heterocycles. The van der Waals surface area contributed by atoms with Crippen LogP contribution < -0.4 is 9.96 Å². The summed E-state index contributed by atoms with van der Waals surface area (Å²) < 4.78 is 0. The Bertz CT molecular complexity index is 1070. The molecule has 0 saturated carbocycles. The second kappa shape index (κ2) is 7.03. The SMILES string of the molecule is O=C1[C@@H]2[C@@H](c3ccccc3)N(c3ccccc3)O[C@H]2C(=O)N1c1cccc(Cl)c1. The third-order valence-corrected chi connectivity index (χ3v) is 5.57. The van der Waals surface area contributed by atoms with E-state index in [1.807, 2.05) is 60.7 Å². The highest BCUT2D eigenvalue weighted by atomic mass is 35.5. The van der Waals surface area contributed by atoms with Crippen LogP contribution in [0.4, 0.5) is 11.4 Å². The molecule has 0 unspecified atom stereocenters. The molecule has 2 amide bonds. The van der Waals surface area contributed by atoms with Crippen molar-refractivity contribution >= 4 is 34.8 Å². The van der Waals surface area contributed by atoms with Crippen molar-refractivity contribution in [2.24, 2.45) is 5.92 Å². The van der Waals surface area contributed by atoms with E-state index >= 15 is 0 Å². The summed E-state index contributed by atoms with van der Waals surface area (Å²) in [7, 11) is 0. The Morgan fingerprint density at radius 3 is 2.10 bits per heavy atom. The van der Waals surface area contributed by atoms with Gasteiger partial charge in [0.25, 0.3) is 5.91 Å². The van der Waals surface area contributed by atoms with Crippen molar-refractivity contribution < 1.29 is 14.4 Å². The fourth-order valence-corrected chi connectivity index (χ4v) is 4.26. The number of benzene rings is 3. The number of carbonyl (C=O) groups is 2. The molecule has 2 saturated heterocycles. The lowest BCUT2D eigenvalue weighted by Gasteiger charge is -2.28. The molecule has 0 bridgehead atoms. The predicted molar refractivity (Wildman–Crippen MR) is 110 cm³/mol. The summed E-state index contributed by atoms with van der Waals surface area (Å²) in [5, 5.41) is 2.15. The van der Waals surface area contributed by atoms with Gasteiger partial charge in [-0.1, -0.05) is 66.2 Å². The van der Waals surface area contributed by atoms with Crippen LogP contribution in [-0.2, 0) is 14.4 Å². The molecular formula is C23H17ClN2O3. The average Bonchev–Trinajstić information content (AvgIpc) is 3.26. The lowest BCUT2D eigenvalue weighted by atomic mass is 9.90.